The van der Waals surface area contributed by atoms with Gasteiger partial charge in [0, 0.05) is 12.1 Å². The molecule has 1 aromatic carbocycles. The molecule has 0 aliphatic heterocycles. The number of likely N-dealkylation sites (N-methyl/N-ethyl adjacent to an activating group) is 1. The largest absolute Gasteiger partial charge is 0.354 e. The number of carbonyl (C=O) groups is 2. The lowest BCUT2D eigenvalue weighted by Gasteiger charge is -2.17. The van der Waals surface area contributed by atoms with Crippen LogP contribution in [0.5, 0.6) is 0 Å². The molecular formula is C16H24Cl2N3O2+. The van der Waals surface area contributed by atoms with Crippen LogP contribution in [0.3, 0.4) is 0 Å². The molecule has 0 bridgehead atoms. The molecule has 1 rings (SSSR count). The summed E-state index contributed by atoms with van der Waals surface area (Å²) in [7, 11) is 1.91. The number of halogens is 2. The highest BCUT2D eigenvalue weighted by Gasteiger charge is 2.17. The third-order valence-electron chi connectivity index (χ3n) is 3.27. The number of nitrogens with one attached hydrogen (secondary N) is 3. The molecule has 5 nitrogen and oxygen atoms in total. The SMILES string of the molecule is CCCNC(=O)[C@H](C)NC(=O)C[NH+](C)Cc1ccc(Cl)c(Cl)c1. The van der Waals surface area contributed by atoms with E-state index in [1.165, 1.54) is 0 Å². The van der Waals surface area contributed by atoms with Crippen LogP contribution >= 0.6 is 23.2 Å². The van der Waals surface area contributed by atoms with Crippen molar-refractivity contribution in [2.24, 2.45) is 0 Å². The van der Waals surface area contributed by atoms with Crippen molar-refractivity contribution in [3.63, 3.8) is 0 Å². The Labute approximate surface area is 147 Å². The first kappa shape index (κ1) is 19.7. The van der Waals surface area contributed by atoms with Gasteiger partial charge < -0.3 is 15.5 Å². The summed E-state index contributed by atoms with van der Waals surface area (Å²) in [5, 5.41) is 6.48. The Hall–Kier alpha value is -1.30. The highest BCUT2D eigenvalue weighted by atomic mass is 35.5. The molecule has 0 radical (unpaired) electrons. The van der Waals surface area contributed by atoms with Crippen molar-refractivity contribution >= 4 is 35.0 Å². The Bertz CT molecular complexity index is 552. The molecule has 2 amide bonds. The highest BCUT2D eigenvalue weighted by molar-refractivity contribution is 6.42. The van der Waals surface area contributed by atoms with Gasteiger partial charge in [-0.25, -0.2) is 0 Å². The molecule has 0 aromatic heterocycles. The van der Waals surface area contributed by atoms with Crippen LogP contribution in [0, 0.1) is 0 Å². The number of carbonyl (C=O) groups excluding carboxylic acids is 2. The van der Waals surface area contributed by atoms with Crippen molar-refractivity contribution in [3.05, 3.63) is 33.8 Å². The van der Waals surface area contributed by atoms with Gasteiger partial charge in [0.2, 0.25) is 5.91 Å². The van der Waals surface area contributed by atoms with Crippen LogP contribution in [0.4, 0.5) is 0 Å². The second kappa shape index (κ2) is 9.75. The van der Waals surface area contributed by atoms with Crippen LogP contribution < -0.4 is 15.5 Å². The lowest BCUT2D eigenvalue weighted by atomic mass is 10.2. The molecule has 7 heteroatoms. The summed E-state index contributed by atoms with van der Waals surface area (Å²) in [4.78, 5) is 24.7. The minimum absolute atomic E-state index is 0.165. The van der Waals surface area contributed by atoms with Gasteiger partial charge in [-0.3, -0.25) is 9.59 Å². The zero-order chi connectivity index (χ0) is 17.4. The maximum Gasteiger partial charge on any atom is 0.275 e. The van der Waals surface area contributed by atoms with E-state index in [0.717, 1.165) is 16.9 Å². The van der Waals surface area contributed by atoms with Gasteiger partial charge in [0.1, 0.15) is 12.6 Å². The molecule has 0 fully saturated rings. The average molecular weight is 361 g/mol. The van der Waals surface area contributed by atoms with Crippen LogP contribution in [-0.2, 0) is 16.1 Å². The highest BCUT2D eigenvalue weighted by Crippen LogP contribution is 2.22. The van der Waals surface area contributed by atoms with E-state index in [9.17, 15) is 9.59 Å². The number of benzene rings is 1. The summed E-state index contributed by atoms with van der Waals surface area (Å²) in [6.45, 7) is 5.18. The van der Waals surface area contributed by atoms with Gasteiger partial charge in [-0.1, -0.05) is 36.2 Å². The van der Waals surface area contributed by atoms with E-state index in [2.05, 4.69) is 10.6 Å². The van der Waals surface area contributed by atoms with E-state index in [-0.39, 0.29) is 18.4 Å². The van der Waals surface area contributed by atoms with Gasteiger partial charge in [0.25, 0.3) is 5.91 Å². The Kier molecular flexibility index (Phi) is 8.37. The first-order valence-corrected chi connectivity index (χ1v) is 8.41. The van der Waals surface area contributed by atoms with Crippen molar-refractivity contribution < 1.29 is 14.5 Å². The van der Waals surface area contributed by atoms with Gasteiger partial charge in [-0.2, -0.15) is 0 Å². The molecular weight excluding hydrogens is 337 g/mol. The van der Waals surface area contributed by atoms with E-state index >= 15 is 0 Å². The molecule has 1 aromatic rings. The van der Waals surface area contributed by atoms with Crippen molar-refractivity contribution in [2.75, 3.05) is 20.1 Å². The van der Waals surface area contributed by atoms with Crippen LogP contribution in [0.25, 0.3) is 0 Å². The Morgan fingerprint density at radius 3 is 2.57 bits per heavy atom. The molecule has 2 atom stereocenters. The molecule has 0 saturated heterocycles. The lowest BCUT2D eigenvalue weighted by molar-refractivity contribution is -0.885. The zero-order valence-electron chi connectivity index (χ0n) is 13.7. The molecule has 23 heavy (non-hydrogen) atoms. The van der Waals surface area contributed by atoms with E-state index in [4.69, 9.17) is 23.2 Å². The van der Waals surface area contributed by atoms with E-state index in [1.54, 1.807) is 19.1 Å². The lowest BCUT2D eigenvalue weighted by Crippen LogP contribution is -3.09. The number of rotatable bonds is 8. The molecule has 0 spiro atoms. The topological polar surface area (TPSA) is 62.6 Å². The van der Waals surface area contributed by atoms with Crippen molar-refractivity contribution in [3.8, 4) is 0 Å². The predicted molar refractivity (Wildman–Crippen MR) is 92.8 cm³/mol. The number of amides is 2. The summed E-state index contributed by atoms with van der Waals surface area (Å²) < 4.78 is 0. The molecule has 0 aliphatic carbocycles. The molecule has 1 unspecified atom stereocenters. The zero-order valence-corrected chi connectivity index (χ0v) is 15.2. The maximum absolute atomic E-state index is 12.0. The summed E-state index contributed by atoms with van der Waals surface area (Å²) in [5.74, 6) is -0.330. The molecule has 128 valence electrons. The van der Waals surface area contributed by atoms with Gasteiger partial charge >= 0.3 is 0 Å². The van der Waals surface area contributed by atoms with Gasteiger partial charge in [0.05, 0.1) is 17.1 Å². The summed E-state index contributed by atoms with van der Waals surface area (Å²) in [6.07, 6.45) is 0.864. The van der Waals surface area contributed by atoms with E-state index in [1.807, 2.05) is 20.0 Å². The van der Waals surface area contributed by atoms with Gasteiger partial charge in [-0.15, -0.1) is 0 Å². The number of hydrogen-bond donors (Lipinski definition) is 3. The third-order valence-corrected chi connectivity index (χ3v) is 4.01. The fraction of sp³-hybridized carbons (Fsp3) is 0.500. The van der Waals surface area contributed by atoms with Crippen LogP contribution in [0.15, 0.2) is 18.2 Å². The quantitative estimate of drug-likeness (QED) is 0.648. The maximum atomic E-state index is 12.0. The summed E-state index contributed by atoms with van der Waals surface area (Å²) in [6, 6.07) is 4.89. The first-order valence-electron chi connectivity index (χ1n) is 7.65. The smallest absolute Gasteiger partial charge is 0.275 e. The van der Waals surface area contributed by atoms with Crippen LogP contribution in [0.1, 0.15) is 25.8 Å². The first-order chi connectivity index (χ1) is 10.8. The Balaban J connectivity index is 2.43. The van der Waals surface area contributed by atoms with Gasteiger partial charge in [-0.05, 0) is 25.5 Å². The summed E-state index contributed by atoms with van der Waals surface area (Å²) in [5.41, 5.74) is 0.999. The van der Waals surface area contributed by atoms with Crippen LogP contribution in [-0.4, -0.2) is 38.0 Å². The number of quaternary nitrogens is 1. The second-order valence-corrected chi connectivity index (χ2v) is 6.45. The van der Waals surface area contributed by atoms with Crippen molar-refractivity contribution in [2.45, 2.75) is 32.9 Å². The van der Waals surface area contributed by atoms with Crippen LogP contribution in [0.2, 0.25) is 10.0 Å². The number of hydrogen-bond acceptors (Lipinski definition) is 2. The van der Waals surface area contributed by atoms with Gasteiger partial charge in [0.15, 0.2) is 6.54 Å². The fourth-order valence-electron chi connectivity index (χ4n) is 2.09. The van der Waals surface area contributed by atoms with Crippen molar-refractivity contribution in [1.29, 1.82) is 0 Å². The van der Waals surface area contributed by atoms with Crippen molar-refractivity contribution in [1.82, 2.24) is 10.6 Å². The average Bonchev–Trinajstić information content (AvgIpc) is 2.48. The normalized spacial score (nSPS) is 13.3. The molecule has 0 aliphatic rings. The van der Waals surface area contributed by atoms with E-state index < -0.39 is 6.04 Å². The third kappa shape index (κ3) is 7.20. The Morgan fingerprint density at radius 1 is 1.26 bits per heavy atom. The standard InChI is InChI=1S/C16H23Cl2N3O2/c1-4-7-19-16(23)11(2)20-15(22)10-21(3)9-12-5-6-13(17)14(18)8-12/h5-6,8,11H,4,7,9-10H2,1-3H3,(H,19,23)(H,20,22)/p+1/t11-/m0/s1. The molecule has 3 N–H and O–H groups in total. The Morgan fingerprint density at radius 2 is 1.96 bits per heavy atom. The monoisotopic (exact) mass is 360 g/mol. The predicted octanol–water partition coefficient (Wildman–Crippen LogP) is 1.04. The fourth-order valence-corrected chi connectivity index (χ4v) is 2.41. The second-order valence-electron chi connectivity index (χ2n) is 5.64. The molecule has 0 saturated carbocycles. The van der Waals surface area contributed by atoms with E-state index in [0.29, 0.717) is 23.1 Å². The minimum atomic E-state index is -0.535. The minimum Gasteiger partial charge on any atom is -0.354 e. The summed E-state index contributed by atoms with van der Waals surface area (Å²) >= 11 is 11.9. The molecule has 0 heterocycles.